The van der Waals surface area contributed by atoms with Crippen LogP contribution in [-0.4, -0.2) is 46.7 Å². The van der Waals surface area contributed by atoms with E-state index in [2.05, 4.69) is 0 Å². The Bertz CT molecular complexity index is 405. The van der Waals surface area contributed by atoms with E-state index < -0.39 is 24.2 Å². The molecule has 2 N–H and O–H groups in total. The quantitative estimate of drug-likeness (QED) is 0.554. The molecule has 0 aromatic carbocycles. The number of aliphatic hydroxyl groups is 2. The van der Waals surface area contributed by atoms with Crippen LogP contribution in [0.2, 0.25) is 0 Å². The van der Waals surface area contributed by atoms with Crippen LogP contribution in [0.15, 0.2) is 12.2 Å². The Balaban J connectivity index is 1.90. The number of carbonyl (C=O) groups is 1. The van der Waals surface area contributed by atoms with Gasteiger partial charge >= 0.3 is 5.97 Å². The lowest BCUT2D eigenvalue weighted by atomic mass is 9.65. The lowest BCUT2D eigenvalue weighted by Crippen LogP contribution is -2.50. The van der Waals surface area contributed by atoms with E-state index in [1.807, 2.05) is 0 Å². The predicted molar refractivity (Wildman–Crippen MR) is 66.1 cm³/mol. The highest BCUT2D eigenvalue weighted by molar-refractivity contribution is 5.75. The highest BCUT2D eigenvalue weighted by atomic mass is 16.6. The second-order valence-corrected chi connectivity index (χ2v) is 6.00. The molecule has 106 valence electrons. The molecule has 0 aromatic rings. The average molecular weight is 268 g/mol. The van der Waals surface area contributed by atoms with Crippen molar-refractivity contribution < 1.29 is 24.5 Å². The smallest absolute Gasteiger partial charge is 0.312 e. The molecule has 0 aromatic heterocycles. The third-order valence-corrected chi connectivity index (χ3v) is 4.41. The first kappa shape index (κ1) is 13.1. The van der Waals surface area contributed by atoms with Crippen LogP contribution in [0.3, 0.4) is 0 Å². The summed E-state index contributed by atoms with van der Waals surface area (Å²) in [5, 5.41) is 20.2. The Morgan fingerprint density at radius 3 is 2.79 bits per heavy atom. The van der Waals surface area contributed by atoms with Crippen LogP contribution in [0.4, 0.5) is 0 Å². The fourth-order valence-corrected chi connectivity index (χ4v) is 3.70. The number of carbonyl (C=O) groups excluding carboxylic acids is 1. The molecule has 0 radical (unpaired) electrons. The molecule has 3 aliphatic rings. The topological polar surface area (TPSA) is 76.0 Å². The maximum absolute atomic E-state index is 12.2. The molecule has 2 aliphatic carbocycles. The highest BCUT2D eigenvalue weighted by Crippen LogP contribution is 2.50. The van der Waals surface area contributed by atoms with E-state index in [9.17, 15) is 15.0 Å². The van der Waals surface area contributed by atoms with Gasteiger partial charge in [0, 0.05) is 5.92 Å². The van der Waals surface area contributed by atoms with Crippen LogP contribution >= 0.6 is 0 Å². The molecule has 2 fully saturated rings. The second-order valence-electron chi connectivity index (χ2n) is 6.00. The van der Waals surface area contributed by atoms with E-state index in [4.69, 9.17) is 9.47 Å². The molecule has 1 aliphatic heterocycles. The second kappa shape index (κ2) is 4.58. The molecule has 5 nitrogen and oxygen atoms in total. The highest BCUT2D eigenvalue weighted by Gasteiger charge is 2.59. The van der Waals surface area contributed by atoms with Crippen molar-refractivity contribution in [3.8, 4) is 0 Å². The van der Waals surface area contributed by atoms with Gasteiger partial charge in [-0.15, -0.1) is 0 Å². The van der Waals surface area contributed by atoms with E-state index in [0.717, 1.165) is 0 Å². The molecule has 19 heavy (non-hydrogen) atoms. The fraction of sp³-hybridized carbons (Fsp3) is 0.786. The molecule has 1 heterocycles. The van der Waals surface area contributed by atoms with Crippen molar-refractivity contribution >= 4 is 5.97 Å². The first-order valence-electron chi connectivity index (χ1n) is 6.89. The Kier molecular flexibility index (Phi) is 3.15. The largest absolute Gasteiger partial charge is 0.463 e. The molecule has 1 saturated heterocycles. The minimum atomic E-state index is -0.717. The van der Waals surface area contributed by atoms with Crippen LogP contribution in [0, 0.1) is 17.8 Å². The van der Waals surface area contributed by atoms with Crippen molar-refractivity contribution in [1.82, 2.24) is 0 Å². The Hall–Kier alpha value is -0.910. The van der Waals surface area contributed by atoms with Crippen LogP contribution in [0.1, 0.15) is 20.3 Å². The van der Waals surface area contributed by atoms with E-state index in [1.54, 1.807) is 26.0 Å². The molecular formula is C14H20O5. The summed E-state index contributed by atoms with van der Waals surface area (Å²) in [7, 11) is 0. The minimum absolute atomic E-state index is 0.0837. The molecule has 1 saturated carbocycles. The predicted octanol–water partition coefficient (Wildman–Crippen LogP) is 0.249. The Labute approximate surface area is 112 Å². The zero-order valence-corrected chi connectivity index (χ0v) is 11.1. The van der Waals surface area contributed by atoms with Crippen LogP contribution < -0.4 is 0 Å². The van der Waals surface area contributed by atoms with Crippen LogP contribution in [-0.2, 0) is 14.3 Å². The van der Waals surface area contributed by atoms with E-state index in [-0.39, 0.29) is 30.0 Å². The van der Waals surface area contributed by atoms with Gasteiger partial charge in [-0.1, -0.05) is 12.2 Å². The standard InChI is InChI=1S/C14H20O5/c1-6(2)18-14(17)12-11-7-5-9(16)13(12)19-10(11)4-3-8(7)15/h3-4,6-13,15-16H,5H2,1-2H3/t7-,8-,9+,10+,11+,12+,13-/m0/s1. The number of hydrogen-bond acceptors (Lipinski definition) is 5. The molecule has 0 unspecified atom stereocenters. The minimum Gasteiger partial charge on any atom is -0.463 e. The lowest BCUT2D eigenvalue weighted by molar-refractivity contribution is -0.162. The summed E-state index contributed by atoms with van der Waals surface area (Å²) in [5.74, 6) is -1.01. The van der Waals surface area contributed by atoms with Gasteiger partial charge in [0.05, 0.1) is 36.4 Å². The monoisotopic (exact) mass is 268 g/mol. The van der Waals surface area contributed by atoms with Crippen molar-refractivity contribution in [3.05, 3.63) is 12.2 Å². The number of ether oxygens (including phenoxy) is 2. The normalized spacial score (nSPS) is 47.5. The maximum Gasteiger partial charge on any atom is 0.312 e. The zero-order chi connectivity index (χ0) is 13.7. The van der Waals surface area contributed by atoms with Crippen molar-refractivity contribution in [1.29, 1.82) is 0 Å². The van der Waals surface area contributed by atoms with E-state index >= 15 is 0 Å². The van der Waals surface area contributed by atoms with Crippen molar-refractivity contribution in [3.63, 3.8) is 0 Å². The number of fused-ring (bicyclic) bond motifs is 1. The van der Waals surface area contributed by atoms with Gasteiger partial charge < -0.3 is 19.7 Å². The van der Waals surface area contributed by atoms with Crippen LogP contribution in [0.5, 0.6) is 0 Å². The first-order valence-corrected chi connectivity index (χ1v) is 6.89. The van der Waals surface area contributed by atoms with Gasteiger partial charge in [-0.2, -0.15) is 0 Å². The summed E-state index contributed by atoms with van der Waals surface area (Å²) < 4.78 is 11.1. The zero-order valence-electron chi connectivity index (χ0n) is 11.1. The summed E-state index contributed by atoms with van der Waals surface area (Å²) in [6.45, 7) is 3.60. The fourth-order valence-electron chi connectivity index (χ4n) is 3.70. The van der Waals surface area contributed by atoms with Gasteiger partial charge in [0.1, 0.15) is 0 Å². The number of esters is 1. The SMILES string of the molecule is CC(C)OC(=O)[C@H]1[C@H]2O[C@@H]3C=C[C@H](O)[C@H](C[C@H]2O)[C@@H]13. The Morgan fingerprint density at radius 2 is 2.11 bits per heavy atom. The summed E-state index contributed by atoms with van der Waals surface area (Å²) >= 11 is 0. The van der Waals surface area contributed by atoms with Gasteiger partial charge in [-0.3, -0.25) is 4.79 Å². The third-order valence-electron chi connectivity index (χ3n) is 4.41. The molecule has 7 atom stereocenters. The lowest BCUT2D eigenvalue weighted by Gasteiger charge is -2.40. The van der Waals surface area contributed by atoms with Gasteiger partial charge in [0.25, 0.3) is 0 Å². The average Bonchev–Trinajstić information content (AvgIpc) is 2.67. The molecule has 2 bridgehead atoms. The summed E-state index contributed by atoms with van der Waals surface area (Å²) in [6.07, 6.45) is 1.76. The van der Waals surface area contributed by atoms with E-state index in [1.165, 1.54) is 0 Å². The molecule has 3 rings (SSSR count). The van der Waals surface area contributed by atoms with Crippen molar-refractivity contribution in [2.45, 2.75) is 50.8 Å². The molecule has 5 heteroatoms. The molecular weight excluding hydrogens is 248 g/mol. The summed E-state index contributed by atoms with van der Waals surface area (Å²) in [5.41, 5.74) is 0. The van der Waals surface area contributed by atoms with Gasteiger partial charge in [0.2, 0.25) is 0 Å². The molecule has 0 amide bonds. The van der Waals surface area contributed by atoms with Gasteiger partial charge in [-0.05, 0) is 26.2 Å². The number of rotatable bonds is 2. The molecule has 0 spiro atoms. The van der Waals surface area contributed by atoms with Crippen molar-refractivity contribution in [2.24, 2.45) is 17.8 Å². The maximum atomic E-state index is 12.2. The van der Waals surface area contributed by atoms with Crippen molar-refractivity contribution in [2.75, 3.05) is 0 Å². The number of aliphatic hydroxyl groups excluding tert-OH is 2. The number of hydrogen-bond donors (Lipinski definition) is 2. The summed E-state index contributed by atoms with van der Waals surface area (Å²) in [6, 6.07) is 0. The van der Waals surface area contributed by atoms with Gasteiger partial charge in [-0.25, -0.2) is 0 Å². The third kappa shape index (κ3) is 2.00. The van der Waals surface area contributed by atoms with Gasteiger partial charge in [0.15, 0.2) is 0 Å². The van der Waals surface area contributed by atoms with E-state index in [0.29, 0.717) is 6.42 Å². The van der Waals surface area contributed by atoms with Crippen LogP contribution in [0.25, 0.3) is 0 Å². The first-order chi connectivity index (χ1) is 8.99. The summed E-state index contributed by atoms with van der Waals surface area (Å²) in [4.78, 5) is 12.2. The Morgan fingerprint density at radius 1 is 1.37 bits per heavy atom.